The monoisotopic (exact) mass is 342 g/mol. The number of hydrogen-bond acceptors (Lipinski definition) is 4. The van der Waals surface area contributed by atoms with Crippen molar-refractivity contribution in [2.75, 3.05) is 43.1 Å². The minimum absolute atomic E-state index is 0.581. The van der Waals surface area contributed by atoms with Gasteiger partial charge in [-0.2, -0.15) is 0 Å². The minimum Gasteiger partial charge on any atom is -0.491 e. The first kappa shape index (κ1) is 19.1. The fraction of sp³-hybridized carbons (Fsp3) is 0.429. The molecule has 1 N–H and O–H groups in total. The average molecular weight is 342 g/mol. The molecule has 25 heavy (non-hydrogen) atoms. The summed E-state index contributed by atoms with van der Waals surface area (Å²) < 4.78 is 11.0. The summed E-state index contributed by atoms with van der Waals surface area (Å²) in [5, 5.41) is 3.47. The van der Waals surface area contributed by atoms with Crippen molar-refractivity contribution in [3.8, 4) is 5.75 Å². The smallest absolute Gasteiger partial charge is 0.119 e. The maximum absolute atomic E-state index is 5.71. The number of nitrogens with zero attached hydrogens (tertiary/aromatic N) is 1. The normalized spacial score (nSPS) is 10.5. The van der Waals surface area contributed by atoms with Crippen molar-refractivity contribution in [1.29, 1.82) is 0 Å². The Morgan fingerprint density at radius 1 is 0.920 bits per heavy atom. The number of benzene rings is 2. The maximum Gasteiger partial charge on any atom is 0.119 e. The molecule has 0 aliphatic heterocycles. The van der Waals surface area contributed by atoms with Crippen LogP contribution in [0.2, 0.25) is 0 Å². The molecule has 2 rings (SSSR count). The van der Waals surface area contributed by atoms with Crippen LogP contribution in [0, 0.1) is 0 Å². The number of ether oxygens (including phenoxy) is 2. The highest BCUT2D eigenvalue weighted by atomic mass is 16.5. The van der Waals surface area contributed by atoms with E-state index in [0.29, 0.717) is 13.2 Å². The molecule has 0 unspecified atom stereocenters. The van der Waals surface area contributed by atoms with Crippen LogP contribution in [0.15, 0.2) is 48.5 Å². The summed E-state index contributed by atoms with van der Waals surface area (Å²) in [4.78, 5) is 2.34. The van der Waals surface area contributed by atoms with Gasteiger partial charge in [-0.15, -0.1) is 0 Å². The first-order chi connectivity index (χ1) is 12.3. The zero-order chi connectivity index (χ0) is 17.9. The topological polar surface area (TPSA) is 33.7 Å². The lowest BCUT2D eigenvalue weighted by molar-refractivity contribution is 0.110. The predicted molar refractivity (Wildman–Crippen MR) is 106 cm³/mol. The van der Waals surface area contributed by atoms with Gasteiger partial charge >= 0.3 is 0 Å². The molecule has 2 aromatic rings. The van der Waals surface area contributed by atoms with Gasteiger partial charge in [0.1, 0.15) is 12.4 Å². The Hall–Kier alpha value is -2.20. The zero-order valence-electron chi connectivity index (χ0n) is 15.6. The van der Waals surface area contributed by atoms with Gasteiger partial charge in [0, 0.05) is 37.6 Å². The van der Waals surface area contributed by atoms with E-state index in [9.17, 15) is 0 Å². The van der Waals surface area contributed by atoms with Crippen LogP contribution in [-0.4, -0.2) is 32.9 Å². The molecule has 0 aliphatic rings. The van der Waals surface area contributed by atoms with Crippen molar-refractivity contribution in [1.82, 2.24) is 0 Å². The lowest BCUT2D eigenvalue weighted by Crippen LogP contribution is -2.21. The third kappa shape index (κ3) is 6.31. The molecule has 0 aliphatic carbocycles. The molecule has 0 amide bonds. The Kier molecular flexibility index (Phi) is 8.13. The van der Waals surface area contributed by atoms with Crippen LogP contribution in [0.1, 0.15) is 26.3 Å². The molecule has 4 nitrogen and oxygen atoms in total. The second-order valence-electron chi connectivity index (χ2n) is 5.77. The SMILES string of the molecule is CCOCCOc1cccc(CNc2ccc(N(CC)CC)cc2)c1. The van der Waals surface area contributed by atoms with Gasteiger partial charge in [0.15, 0.2) is 0 Å². The lowest BCUT2D eigenvalue weighted by Gasteiger charge is -2.21. The Morgan fingerprint density at radius 2 is 1.68 bits per heavy atom. The number of nitrogens with one attached hydrogen (secondary N) is 1. The third-order valence-corrected chi connectivity index (χ3v) is 4.09. The van der Waals surface area contributed by atoms with E-state index in [2.05, 4.69) is 60.5 Å². The molecule has 136 valence electrons. The van der Waals surface area contributed by atoms with Crippen molar-refractivity contribution in [2.45, 2.75) is 27.3 Å². The lowest BCUT2D eigenvalue weighted by atomic mass is 10.2. The number of hydrogen-bond donors (Lipinski definition) is 1. The Bertz CT molecular complexity index is 610. The van der Waals surface area contributed by atoms with Gasteiger partial charge in [-0.3, -0.25) is 0 Å². The highest BCUT2D eigenvalue weighted by molar-refractivity contribution is 5.55. The fourth-order valence-corrected chi connectivity index (χ4v) is 2.69. The van der Waals surface area contributed by atoms with E-state index in [1.165, 1.54) is 11.3 Å². The van der Waals surface area contributed by atoms with Gasteiger partial charge in [0.05, 0.1) is 6.61 Å². The van der Waals surface area contributed by atoms with Crippen molar-refractivity contribution >= 4 is 11.4 Å². The number of rotatable bonds is 11. The summed E-state index contributed by atoms with van der Waals surface area (Å²) in [6.07, 6.45) is 0. The molecule has 2 aromatic carbocycles. The van der Waals surface area contributed by atoms with E-state index < -0.39 is 0 Å². The summed E-state index contributed by atoms with van der Waals surface area (Å²) in [6, 6.07) is 16.8. The Morgan fingerprint density at radius 3 is 2.36 bits per heavy atom. The van der Waals surface area contributed by atoms with Crippen LogP contribution in [0.3, 0.4) is 0 Å². The molecular formula is C21H30N2O2. The summed E-state index contributed by atoms with van der Waals surface area (Å²) >= 11 is 0. The maximum atomic E-state index is 5.71. The summed E-state index contributed by atoms with van der Waals surface area (Å²) in [7, 11) is 0. The van der Waals surface area contributed by atoms with Crippen molar-refractivity contribution < 1.29 is 9.47 Å². The van der Waals surface area contributed by atoms with E-state index in [-0.39, 0.29) is 0 Å². The summed E-state index contributed by atoms with van der Waals surface area (Å²) in [5.41, 5.74) is 3.58. The van der Waals surface area contributed by atoms with E-state index in [0.717, 1.165) is 37.7 Å². The molecule has 0 aromatic heterocycles. The van der Waals surface area contributed by atoms with E-state index >= 15 is 0 Å². The molecule has 0 spiro atoms. The second kappa shape index (κ2) is 10.6. The molecule has 4 heteroatoms. The molecule has 0 radical (unpaired) electrons. The first-order valence-corrected chi connectivity index (χ1v) is 9.15. The number of anilines is 2. The van der Waals surface area contributed by atoms with E-state index in [1.807, 2.05) is 19.1 Å². The van der Waals surface area contributed by atoms with Gasteiger partial charge in [0.25, 0.3) is 0 Å². The minimum atomic E-state index is 0.581. The quantitative estimate of drug-likeness (QED) is 0.607. The van der Waals surface area contributed by atoms with Gasteiger partial charge in [-0.25, -0.2) is 0 Å². The van der Waals surface area contributed by atoms with Crippen LogP contribution < -0.4 is 15.0 Å². The predicted octanol–water partition coefficient (Wildman–Crippen LogP) is 4.56. The van der Waals surface area contributed by atoms with Crippen LogP contribution >= 0.6 is 0 Å². The molecule has 0 saturated heterocycles. The highest BCUT2D eigenvalue weighted by Gasteiger charge is 2.02. The first-order valence-electron chi connectivity index (χ1n) is 9.15. The van der Waals surface area contributed by atoms with Crippen LogP contribution in [0.25, 0.3) is 0 Å². The van der Waals surface area contributed by atoms with E-state index in [4.69, 9.17) is 9.47 Å². The molecule has 0 saturated carbocycles. The fourth-order valence-electron chi connectivity index (χ4n) is 2.69. The molecule has 0 atom stereocenters. The van der Waals surface area contributed by atoms with Gasteiger partial charge in [-0.1, -0.05) is 12.1 Å². The largest absolute Gasteiger partial charge is 0.491 e. The van der Waals surface area contributed by atoms with Gasteiger partial charge < -0.3 is 19.7 Å². The molecular weight excluding hydrogens is 312 g/mol. The summed E-state index contributed by atoms with van der Waals surface area (Å²) in [5.74, 6) is 0.885. The van der Waals surface area contributed by atoms with Crippen molar-refractivity contribution in [3.05, 3.63) is 54.1 Å². The van der Waals surface area contributed by atoms with Crippen molar-refractivity contribution in [2.24, 2.45) is 0 Å². The van der Waals surface area contributed by atoms with Crippen molar-refractivity contribution in [3.63, 3.8) is 0 Å². The standard InChI is InChI=1S/C21H30N2O2/c1-4-23(5-2)20-12-10-19(11-13-20)22-17-18-8-7-9-21(16-18)25-15-14-24-6-3/h7-13,16,22H,4-6,14-15,17H2,1-3H3. The zero-order valence-corrected chi connectivity index (χ0v) is 15.6. The van der Waals surface area contributed by atoms with E-state index in [1.54, 1.807) is 0 Å². The average Bonchev–Trinajstić information content (AvgIpc) is 2.66. The van der Waals surface area contributed by atoms with Gasteiger partial charge in [-0.05, 0) is 62.7 Å². The molecule has 0 fully saturated rings. The van der Waals surface area contributed by atoms with Crippen LogP contribution in [0.5, 0.6) is 5.75 Å². The third-order valence-electron chi connectivity index (χ3n) is 4.09. The van der Waals surface area contributed by atoms with Crippen LogP contribution in [0.4, 0.5) is 11.4 Å². The Labute approximate surface area is 151 Å². The van der Waals surface area contributed by atoms with Gasteiger partial charge in [0.2, 0.25) is 0 Å². The highest BCUT2D eigenvalue weighted by Crippen LogP contribution is 2.19. The van der Waals surface area contributed by atoms with Crippen LogP contribution in [-0.2, 0) is 11.3 Å². The molecule has 0 heterocycles. The summed E-state index contributed by atoms with van der Waals surface area (Å²) in [6.45, 7) is 11.1. The Balaban J connectivity index is 1.86. The molecule has 0 bridgehead atoms. The second-order valence-corrected chi connectivity index (χ2v) is 5.77.